The summed E-state index contributed by atoms with van der Waals surface area (Å²) < 4.78 is 5.34. The second-order valence-electron chi connectivity index (χ2n) is 7.19. The van der Waals surface area contributed by atoms with Gasteiger partial charge in [-0.25, -0.2) is 0 Å². The molecule has 1 N–H and O–H groups in total. The Hall–Kier alpha value is -0.510. The molecule has 21 heavy (non-hydrogen) atoms. The first-order valence-electron chi connectivity index (χ1n) is 7.05. The number of benzene rings is 1. The molecule has 4 heteroatoms. The van der Waals surface area contributed by atoms with Crippen LogP contribution in [0.3, 0.4) is 0 Å². The predicted molar refractivity (Wildman–Crippen MR) is 82.5 cm³/mol. The molecule has 1 aromatic carbocycles. The van der Waals surface area contributed by atoms with E-state index < -0.39 is 0 Å². The number of esters is 1. The van der Waals surface area contributed by atoms with Crippen molar-refractivity contribution in [2.45, 2.75) is 65.7 Å². The molecular formula is C17H27NaO3. The van der Waals surface area contributed by atoms with Gasteiger partial charge in [0.25, 0.3) is 0 Å². The van der Waals surface area contributed by atoms with Gasteiger partial charge in [0.05, 0.1) is 0 Å². The van der Waals surface area contributed by atoms with Gasteiger partial charge in [0, 0.05) is 17.5 Å². The molecule has 0 saturated heterocycles. The average molecular weight is 302 g/mol. The minimum absolute atomic E-state index is 0. The van der Waals surface area contributed by atoms with Crippen LogP contribution in [-0.2, 0) is 15.6 Å². The number of carbonyl (C=O) groups excluding carboxylic acids is 1. The average Bonchev–Trinajstić information content (AvgIpc) is 2.28. The van der Waals surface area contributed by atoms with Crippen molar-refractivity contribution in [3.8, 4) is 11.5 Å². The summed E-state index contributed by atoms with van der Waals surface area (Å²) in [6, 6.07) is 3.52. The molecule has 0 amide bonds. The summed E-state index contributed by atoms with van der Waals surface area (Å²) in [4.78, 5) is 11.5. The van der Waals surface area contributed by atoms with E-state index >= 15 is 0 Å². The summed E-state index contributed by atoms with van der Waals surface area (Å²) >= 11 is 0. The van der Waals surface area contributed by atoms with Crippen molar-refractivity contribution in [3.63, 3.8) is 0 Å². The number of phenols is 1. The Bertz CT molecular complexity index is 479. The van der Waals surface area contributed by atoms with Crippen molar-refractivity contribution < 1.29 is 45.6 Å². The molecule has 0 aromatic heterocycles. The van der Waals surface area contributed by atoms with Crippen LogP contribution in [0.15, 0.2) is 12.1 Å². The number of hydrogen-bond donors (Lipinski definition) is 1. The molecule has 1 rings (SSSR count). The van der Waals surface area contributed by atoms with Gasteiger partial charge in [0.1, 0.15) is 11.5 Å². The molecule has 3 nitrogen and oxygen atoms in total. The van der Waals surface area contributed by atoms with Gasteiger partial charge in [-0.1, -0.05) is 48.5 Å². The zero-order valence-corrected chi connectivity index (χ0v) is 16.6. The molecule has 0 spiro atoms. The third-order valence-electron chi connectivity index (χ3n) is 3.22. The first kappa shape index (κ1) is 20.5. The first-order valence-corrected chi connectivity index (χ1v) is 7.05. The molecule has 0 bridgehead atoms. The van der Waals surface area contributed by atoms with Gasteiger partial charge >= 0.3 is 35.5 Å². The fourth-order valence-electron chi connectivity index (χ4n) is 2.01. The maximum Gasteiger partial charge on any atom is 1.00 e. The summed E-state index contributed by atoms with van der Waals surface area (Å²) in [7, 11) is 0. The second-order valence-corrected chi connectivity index (χ2v) is 7.19. The molecule has 1 aromatic rings. The monoisotopic (exact) mass is 302 g/mol. The Morgan fingerprint density at radius 1 is 1.10 bits per heavy atom. The Morgan fingerprint density at radius 2 is 1.48 bits per heavy atom. The first-order chi connectivity index (χ1) is 8.96. The third kappa shape index (κ3) is 5.32. The Balaban J connectivity index is 0. The number of rotatable bonds is 2. The molecule has 0 aliphatic carbocycles. The Morgan fingerprint density at radius 3 is 1.76 bits per heavy atom. The molecule has 114 valence electrons. The molecule has 0 fully saturated rings. The largest absolute Gasteiger partial charge is 1.00 e. The molecule has 0 unspecified atom stereocenters. The fourth-order valence-corrected chi connectivity index (χ4v) is 2.01. The van der Waals surface area contributed by atoms with Gasteiger partial charge in [-0.05, 0) is 23.0 Å². The van der Waals surface area contributed by atoms with E-state index in [1.807, 2.05) is 41.5 Å². The molecule has 0 aliphatic heterocycles. The predicted octanol–water partition coefficient (Wildman–Crippen LogP) is 1.42. The van der Waals surface area contributed by atoms with Crippen LogP contribution in [0, 0.1) is 0 Å². The van der Waals surface area contributed by atoms with E-state index in [0.717, 1.165) is 11.1 Å². The van der Waals surface area contributed by atoms with Gasteiger partial charge in [0.2, 0.25) is 0 Å². The number of phenolic OH excluding ortho intramolecular Hbond substituents is 1. The molecule has 0 saturated carbocycles. The third-order valence-corrected chi connectivity index (χ3v) is 3.22. The van der Waals surface area contributed by atoms with Crippen LogP contribution in [0.25, 0.3) is 0 Å². The molecule has 0 radical (unpaired) electrons. The van der Waals surface area contributed by atoms with Crippen LogP contribution in [-0.4, -0.2) is 11.1 Å². The summed E-state index contributed by atoms with van der Waals surface area (Å²) in [6.07, 6.45) is 0.330. The topological polar surface area (TPSA) is 46.5 Å². The Kier molecular flexibility index (Phi) is 6.99. The fraction of sp³-hybridized carbons (Fsp3) is 0.588. The summed E-state index contributed by atoms with van der Waals surface area (Å²) in [5.41, 5.74) is 1.14. The molecule has 0 atom stereocenters. The van der Waals surface area contributed by atoms with Crippen molar-refractivity contribution in [2.75, 3.05) is 0 Å². The minimum Gasteiger partial charge on any atom is -1.00 e. The van der Waals surface area contributed by atoms with Crippen LogP contribution in [0.5, 0.6) is 11.5 Å². The second kappa shape index (κ2) is 7.17. The van der Waals surface area contributed by atoms with E-state index in [4.69, 9.17) is 4.74 Å². The summed E-state index contributed by atoms with van der Waals surface area (Å²) in [6.45, 7) is 13.9. The van der Waals surface area contributed by atoms with Crippen LogP contribution < -0.4 is 34.3 Å². The molecule has 0 heterocycles. The van der Waals surface area contributed by atoms with Crippen LogP contribution in [0.1, 0.15) is 67.4 Å². The van der Waals surface area contributed by atoms with Crippen molar-refractivity contribution >= 4 is 5.97 Å². The molecular weight excluding hydrogens is 275 g/mol. The zero-order valence-electron chi connectivity index (χ0n) is 15.6. The minimum atomic E-state index is -0.268. The van der Waals surface area contributed by atoms with Crippen molar-refractivity contribution in [1.29, 1.82) is 0 Å². The van der Waals surface area contributed by atoms with E-state index in [1.54, 1.807) is 19.1 Å². The van der Waals surface area contributed by atoms with Gasteiger partial charge in [-0.2, -0.15) is 0 Å². The van der Waals surface area contributed by atoms with Crippen molar-refractivity contribution in [2.24, 2.45) is 0 Å². The van der Waals surface area contributed by atoms with Crippen LogP contribution in [0.2, 0.25) is 0 Å². The number of aromatic hydroxyl groups is 1. The van der Waals surface area contributed by atoms with Crippen LogP contribution >= 0.6 is 0 Å². The quantitative estimate of drug-likeness (QED) is 0.510. The SMILES string of the molecule is CCC(=O)Oc1cc(C(C)(C)C)c(O)c(C(C)(C)C)c1.[H-].[Na+]. The van der Waals surface area contributed by atoms with E-state index in [-0.39, 0.29) is 47.8 Å². The number of carbonyl (C=O) groups is 1. The summed E-state index contributed by atoms with van der Waals surface area (Å²) in [5, 5.41) is 10.5. The smallest absolute Gasteiger partial charge is 1.00 e. The van der Waals surface area contributed by atoms with Gasteiger partial charge in [-0.3, -0.25) is 4.79 Å². The van der Waals surface area contributed by atoms with Crippen LogP contribution in [0.4, 0.5) is 0 Å². The van der Waals surface area contributed by atoms with E-state index in [1.165, 1.54) is 0 Å². The maximum absolute atomic E-state index is 11.5. The van der Waals surface area contributed by atoms with Crippen molar-refractivity contribution in [3.05, 3.63) is 23.3 Å². The van der Waals surface area contributed by atoms with Crippen molar-refractivity contribution in [1.82, 2.24) is 0 Å². The molecule has 0 aliphatic rings. The van der Waals surface area contributed by atoms with Gasteiger partial charge in [-0.15, -0.1) is 0 Å². The standard InChI is InChI=1S/C17H26O3.Na.H/c1-8-14(18)20-11-9-12(16(2,3)4)15(19)13(10-11)17(5,6)7;;/h9-10,19H,8H2,1-7H3;;/q;+1;-1. The number of hydrogen-bond acceptors (Lipinski definition) is 3. The zero-order chi connectivity index (χ0) is 15.7. The van der Waals surface area contributed by atoms with E-state index in [9.17, 15) is 9.90 Å². The van der Waals surface area contributed by atoms with E-state index in [0.29, 0.717) is 17.9 Å². The normalized spacial score (nSPS) is 11.8. The summed E-state index contributed by atoms with van der Waals surface area (Å²) in [5.74, 6) is 0.529. The number of ether oxygens (including phenoxy) is 1. The van der Waals surface area contributed by atoms with E-state index in [2.05, 4.69) is 0 Å². The Labute approximate surface area is 151 Å². The van der Waals surface area contributed by atoms with Gasteiger partial charge < -0.3 is 11.3 Å². The maximum atomic E-state index is 11.5. The van der Waals surface area contributed by atoms with Gasteiger partial charge in [0.15, 0.2) is 0 Å².